The molecule has 0 aliphatic heterocycles. The van der Waals surface area contributed by atoms with Gasteiger partial charge in [0.15, 0.2) is 0 Å². The topological polar surface area (TPSA) is 56.3 Å². The molecule has 1 rings (SSSR count). The maximum Gasteiger partial charge on any atom is 0.205 e. The Labute approximate surface area is 101 Å². The van der Waals surface area contributed by atoms with Crippen molar-refractivity contribution in [2.45, 2.75) is 6.42 Å². The highest BCUT2D eigenvalue weighted by Gasteiger charge is 2.10. The van der Waals surface area contributed by atoms with Gasteiger partial charge in [-0.25, -0.2) is 4.98 Å². The van der Waals surface area contributed by atoms with Crippen molar-refractivity contribution in [2.24, 2.45) is 12.8 Å². The van der Waals surface area contributed by atoms with Crippen molar-refractivity contribution >= 4 is 23.2 Å². The first-order valence-corrected chi connectivity index (χ1v) is 5.55. The zero-order valence-corrected chi connectivity index (χ0v) is 10.5. The quantitative estimate of drug-likeness (QED) is 0.708. The molecule has 0 radical (unpaired) electrons. The van der Waals surface area contributed by atoms with E-state index in [2.05, 4.69) is 9.88 Å². The zero-order chi connectivity index (χ0) is 12.0. The molecule has 0 bridgehead atoms. The third kappa shape index (κ3) is 3.79. The number of thiocarbonyl (C=S) groups is 1. The molecule has 0 unspecified atom stereocenters. The van der Waals surface area contributed by atoms with Crippen LogP contribution in [-0.2, 0) is 11.8 Å². The fraction of sp³-hybridized carbons (Fsp3) is 0.600. The summed E-state index contributed by atoms with van der Waals surface area (Å²) < 4.78 is 7.04. The van der Waals surface area contributed by atoms with E-state index in [4.69, 9.17) is 22.7 Å². The number of imidazole rings is 1. The van der Waals surface area contributed by atoms with E-state index in [9.17, 15) is 0 Å². The first-order valence-electron chi connectivity index (χ1n) is 5.14. The molecule has 1 aromatic heterocycles. The third-order valence-electron chi connectivity index (χ3n) is 2.27. The highest BCUT2D eigenvalue weighted by Crippen LogP contribution is 2.09. The molecule has 1 heterocycles. The molecule has 6 heteroatoms. The van der Waals surface area contributed by atoms with Crippen LogP contribution in [0.4, 0.5) is 5.95 Å². The van der Waals surface area contributed by atoms with Gasteiger partial charge in [0, 0.05) is 46.1 Å². The number of hydrogen-bond acceptors (Lipinski definition) is 4. The van der Waals surface area contributed by atoms with Crippen LogP contribution in [0.2, 0.25) is 0 Å². The normalized spacial score (nSPS) is 10.4. The maximum absolute atomic E-state index is 5.51. The van der Waals surface area contributed by atoms with Gasteiger partial charge < -0.3 is 19.9 Å². The van der Waals surface area contributed by atoms with Crippen molar-refractivity contribution in [3.63, 3.8) is 0 Å². The fourth-order valence-electron chi connectivity index (χ4n) is 1.42. The van der Waals surface area contributed by atoms with Gasteiger partial charge in [-0.05, 0) is 0 Å². The lowest BCUT2D eigenvalue weighted by molar-refractivity contribution is 0.205. The molecule has 2 N–H and O–H groups in total. The molecule has 90 valence electrons. The van der Waals surface area contributed by atoms with Crippen LogP contribution in [0, 0.1) is 0 Å². The van der Waals surface area contributed by atoms with Crippen molar-refractivity contribution in [1.29, 1.82) is 0 Å². The second kappa shape index (κ2) is 6.44. The van der Waals surface area contributed by atoms with Gasteiger partial charge in [-0.1, -0.05) is 12.2 Å². The summed E-state index contributed by atoms with van der Waals surface area (Å²) in [6.45, 7) is 2.21. The van der Waals surface area contributed by atoms with E-state index in [-0.39, 0.29) is 0 Å². The second-order valence-corrected chi connectivity index (χ2v) is 4.06. The van der Waals surface area contributed by atoms with Crippen LogP contribution in [0.1, 0.15) is 6.42 Å². The van der Waals surface area contributed by atoms with E-state index in [1.54, 1.807) is 13.3 Å². The molecule has 16 heavy (non-hydrogen) atoms. The lowest BCUT2D eigenvalue weighted by Crippen LogP contribution is -2.32. The van der Waals surface area contributed by atoms with Gasteiger partial charge in [0.2, 0.25) is 5.95 Å². The van der Waals surface area contributed by atoms with E-state index in [1.165, 1.54) is 0 Å². The molecule has 1 aromatic rings. The Hall–Kier alpha value is -1.14. The standard InChI is InChI=1S/C10H18N4OS/c1-13-6-4-12-10(13)14(7-8-15-2)5-3-9(11)16/h4,6H,3,5,7-8H2,1-2H3,(H2,11,16). The molecule has 0 saturated carbocycles. The molecule has 0 aromatic carbocycles. The minimum atomic E-state index is 0.525. The Kier molecular flexibility index (Phi) is 5.21. The van der Waals surface area contributed by atoms with E-state index in [1.807, 2.05) is 17.8 Å². The molecule has 0 amide bonds. The summed E-state index contributed by atoms with van der Waals surface area (Å²) in [6, 6.07) is 0. The monoisotopic (exact) mass is 242 g/mol. The zero-order valence-electron chi connectivity index (χ0n) is 9.72. The average molecular weight is 242 g/mol. The van der Waals surface area contributed by atoms with Crippen LogP contribution >= 0.6 is 12.2 Å². The van der Waals surface area contributed by atoms with Crippen LogP contribution in [0.15, 0.2) is 12.4 Å². The number of aryl methyl sites for hydroxylation is 1. The van der Waals surface area contributed by atoms with Crippen LogP contribution < -0.4 is 10.6 Å². The van der Waals surface area contributed by atoms with E-state index >= 15 is 0 Å². The lowest BCUT2D eigenvalue weighted by atomic mass is 10.4. The number of aromatic nitrogens is 2. The largest absolute Gasteiger partial charge is 0.393 e. The summed E-state index contributed by atoms with van der Waals surface area (Å²) in [5, 5.41) is 0. The summed E-state index contributed by atoms with van der Waals surface area (Å²) in [4.78, 5) is 6.93. The van der Waals surface area contributed by atoms with Crippen LogP contribution in [0.25, 0.3) is 0 Å². The number of hydrogen-bond donors (Lipinski definition) is 1. The summed E-state index contributed by atoms with van der Waals surface area (Å²) in [5.74, 6) is 0.910. The average Bonchev–Trinajstić information content (AvgIpc) is 2.65. The van der Waals surface area contributed by atoms with Gasteiger partial charge >= 0.3 is 0 Å². The number of ether oxygens (including phenoxy) is 1. The Morgan fingerprint density at radius 2 is 2.38 bits per heavy atom. The Balaban J connectivity index is 2.63. The molecular weight excluding hydrogens is 224 g/mol. The van der Waals surface area contributed by atoms with Crippen LogP contribution in [0.5, 0.6) is 0 Å². The minimum Gasteiger partial charge on any atom is -0.393 e. The molecule has 0 atom stereocenters. The van der Waals surface area contributed by atoms with Crippen molar-refractivity contribution in [3.8, 4) is 0 Å². The third-order valence-corrected chi connectivity index (χ3v) is 2.48. The van der Waals surface area contributed by atoms with Crippen molar-refractivity contribution in [3.05, 3.63) is 12.4 Å². The number of rotatable bonds is 7. The first-order chi connectivity index (χ1) is 7.65. The summed E-state index contributed by atoms with van der Waals surface area (Å²) in [5.41, 5.74) is 5.51. The van der Waals surface area contributed by atoms with E-state index < -0.39 is 0 Å². The molecular formula is C10H18N4OS. The Bertz CT molecular complexity index is 339. The molecule has 0 fully saturated rings. The Morgan fingerprint density at radius 1 is 1.62 bits per heavy atom. The smallest absolute Gasteiger partial charge is 0.205 e. The van der Waals surface area contributed by atoms with Crippen molar-refractivity contribution in [2.75, 3.05) is 31.7 Å². The molecule has 0 spiro atoms. The van der Waals surface area contributed by atoms with Crippen LogP contribution in [0.3, 0.4) is 0 Å². The number of nitrogens with two attached hydrogens (primary N) is 1. The summed E-state index contributed by atoms with van der Waals surface area (Å²) in [7, 11) is 3.65. The van der Waals surface area contributed by atoms with Crippen molar-refractivity contribution in [1.82, 2.24) is 9.55 Å². The predicted octanol–water partition coefficient (Wildman–Crippen LogP) is 0.549. The number of methoxy groups -OCH3 is 1. The number of nitrogens with zero attached hydrogens (tertiary/aromatic N) is 3. The minimum absolute atomic E-state index is 0.525. The van der Waals surface area contributed by atoms with Gasteiger partial charge in [0.05, 0.1) is 11.6 Å². The van der Waals surface area contributed by atoms with Gasteiger partial charge in [-0.3, -0.25) is 0 Å². The predicted molar refractivity (Wildman–Crippen MR) is 68.7 cm³/mol. The van der Waals surface area contributed by atoms with Crippen LogP contribution in [-0.4, -0.2) is 41.3 Å². The second-order valence-electron chi connectivity index (χ2n) is 3.53. The van der Waals surface area contributed by atoms with Gasteiger partial charge in [0.25, 0.3) is 0 Å². The highest BCUT2D eigenvalue weighted by atomic mass is 32.1. The molecule has 0 aliphatic carbocycles. The SMILES string of the molecule is COCCN(CCC(N)=S)c1nccn1C. The Morgan fingerprint density at radius 3 is 2.88 bits per heavy atom. The molecule has 0 saturated heterocycles. The molecule has 5 nitrogen and oxygen atoms in total. The summed E-state index contributed by atoms with van der Waals surface area (Å²) in [6.07, 6.45) is 4.37. The highest BCUT2D eigenvalue weighted by molar-refractivity contribution is 7.80. The van der Waals surface area contributed by atoms with E-state index in [0.717, 1.165) is 19.0 Å². The molecule has 0 aliphatic rings. The fourth-order valence-corrected chi connectivity index (χ4v) is 1.51. The van der Waals surface area contributed by atoms with Gasteiger partial charge in [-0.15, -0.1) is 0 Å². The number of anilines is 1. The summed E-state index contributed by atoms with van der Waals surface area (Å²) >= 11 is 4.88. The lowest BCUT2D eigenvalue weighted by Gasteiger charge is -2.23. The first kappa shape index (κ1) is 12.9. The maximum atomic E-state index is 5.51. The van der Waals surface area contributed by atoms with Gasteiger partial charge in [0.1, 0.15) is 0 Å². The van der Waals surface area contributed by atoms with Gasteiger partial charge in [-0.2, -0.15) is 0 Å². The van der Waals surface area contributed by atoms with E-state index in [0.29, 0.717) is 18.0 Å². The van der Waals surface area contributed by atoms with Crippen molar-refractivity contribution < 1.29 is 4.74 Å².